The van der Waals surface area contributed by atoms with Crippen molar-refractivity contribution in [2.24, 2.45) is 17.8 Å². The van der Waals surface area contributed by atoms with Crippen LogP contribution in [0, 0.1) is 17.8 Å². The van der Waals surface area contributed by atoms with Gasteiger partial charge >= 0.3 is 0 Å². The van der Waals surface area contributed by atoms with E-state index in [1.807, 2.05) is 6.92 Å². The highest BCUT2D eigenvalue weighted by molar-refractivity contribution is 4.91. The van der Waals surface area contributed by atoms with E-state index in [4.69, 9.17) is 0 Å². The molecule has 2 rings (SSSR count). The smallest absolute Gasteiger partial charge is 0.0545 e. The van der Waals surface area contributed by atoms with Gasteiger partial charge in [-0.05, 0) is 37.5 Å². The molecular formula is C10H18O. The molecule has 0 aliphatic heterocycles. The van der Waals surface area contributed by atoms with Crippen molar-refractivity contribution < 1.29 is 5.11 Å². The molecule has 1 nitrogen and oxygen atoms in total. The average Bonchev–Trinajstić information content (AvgIpc) is 2.23. The molecule has 0 spiro atoms. The third-order valence-corrected chi connectivity index (χ3v) is 3.70. The minimum atomic E-state index is -0.0483. The van der Waals surface area contributed by atoms with Crippen molar-refractivity contribution in [2.75, 3.05) is 0 Å². The van der Waals surface area contributed by atoms with Crippen molar-refractivity contribution in [1.29, 1.82) is 0 Å². The normalized spacial score (nSPS) is 45.8. The first-order chi connectivity index (χ1) is 5.29. The van der Waals surface area contributed by atoms with Crippen molar-refractivity contribution in [3.05, 3.63) is 0 Å². The van der Waals surface area contributed by atoms with Gasteiger partial charge in [0, 0.05) is 0 Å². The number of fused-ring (bicyclic) bond motifs is 2. The van der Waals surface area contributed by atoms with Crippen molar-refractivity contribution >= 4 is 0 Å². The van der Waals surface area contributed by atoms with E-state index in [1.54, 1.807) is 0 Å². The minimum absolute atomic E-state index is 0.0483. The van der Waals surface area contributed by atoms with Crippen LogP contribution in [0.5, 0.6) is 0 Å². The Hall–Kier alpha value is -0.0400. The zero-order valence-electron chi connectivity index (χ0n) is 7.29. The summed E-state index contributed by atoms with van der Waals surface area (Å²) in [5.41, 5.74) is 0. The summed E-state index contributed by atoms with van der Waals surface area (Å²) in [7, 11) is 0. The van der Waals surface area contributed by atoms with Crippen molar-refractivity contribution in [1.82, 2.24) is 0 Å². The van der Waals surface area contributed by atoms with Gasteiger partial charge in [0.15, 0.2) is 0 Å². The molecule has 64 valence electrons. The Morgan fingerprint density at radius 3 is 2.00 bits per heavy atom. The van der Waals surface area contributed by atoms with Crippen molar-refractivity contribution in [3.8, 4) is 0 Å². The lowest BCUT2D eigenvalue weighted by Gasteiger charge is -2.32. The lowest BCUT2D eigenvalue weighted by atomic mass is 9.76. The monoisotopic (exact) mass is 154 g/mol. The second-order valence-corrected chi connectivity index (χ2v) is 4.35. The maximum absolute atomic E-state index is 9.56. The number of rotatable bonds is 1. The summed E-state index contributed by atoms with van der Waals surface area (Å²) in [6.45, 7) is 1.97. The zero-order chi connectivity index (χ0) is 7.84. The molecule has 11 heavy (non-hydrogen) atoms. The minimum Gasteiger partial charge on any atom is -0.393 e. The summed E-state index contributed by atoms with van der Waals surface area (Å²) >= 11 is 0. The SMILES string of the molecule is C[C@H](O)C1C2CCCC1CC2. The van der Waals surface area contributed by atoms with Crippen LogP contribution in [0.4, 0.5) is 0 Å². The second kappa shape index (κ2) is 2.78. The van der Waals surface area contributed by atoms with E-state index >= 15 is 0 Å². The fraction of sp³-hybridized carbons (Fsp3) is 1.00. The molecule has 2 saturated carbocycles. The Morgan fingerprint density at radius 2 is 1.64 bits per heavy atom. The molecule has 1 heteroatoms. The molecule has 2 aliphatic rings. The van der Waals surface area contributed by atoms with Gasteiger partial charge in [0.2, 0.25) is 0 Å². The van der Waals surface area contributed by atoms with E-state index < -0.39 is 0 Å². The van der Waals surface area contributed by atoms with Crippen LogP contribution in [-0.4, -0.2) is 11.2 Å². The molecule has 0 aromatic carbocycles. The van der Waals surface area contributed by atoms with E-state index in [2.05, 4.69) is 0 Å². The number of hydrogen-bond acceptors (Lipinski definition) is 1. The van der Waals surface area contributed by atoms with Gasteiger partial charge < -0.3 is 5.11 Å². The third-order valence-electron chi connectivity index (χ3n) is 3.70. The van der Waals surface area contributed by atoms with Gasteiger partial charge in [0.1, 0.15) is 0 Å². The van der Waals surface area contributed by atoms with Crippen LogP contribution >= 0.6 is 0 Å². The van der Waals surface area contributed by atoms with Crippen LogP contribution in [0.25, 0.3) is 0 Å². The molecule has 2 bridgehead atoms. The fourth-order valence-corrected chi connectivity index (χ4v) is 3.30. The van der Waals surface area contributed by atoms with Crippen LogP contribution in [0.1, 0.15) is 39.0 Å². The van der Waals surface area contributed by atoms with Gasteiger partial charge in [-0.2, -0.15) is 0 Å². The molecule has 1 N–H and O–H groups in total. The van der Waals surface area contributed by atoms with E-state index in [9.17, 15) is 5.11 Å². The standard InChI is InChI=1S/C10H18O/c1-7(11)10-8-3-2-4-9(10)6-5-8/h7-11H,2-6H2,1H3/t7-,8?,9?,10?/m0/s1. The molecule has 0 saturated heterocycles. The summed E-state index contributed by atoms with van der Waals surface area (Å²) in [4.78, 5) is 0. The number of aliphatic hydroxyl groups excluding tert-OH is 1. The summed E-state index contributed by atoms with van der Waals surface area (Å²) in [5.74, 6) is 2.39. The first-order valence-electron chi connectivity index (χ1n) is 4.97. The zero-order valence-corrected chi connectivity index (χ0v) is 7.29. The van der Waals surface area contributed by atoms with Crippen LogP contribution < -0.4 is 0 Å². The Morgan fingerprint density at radius 1 is 1.09 bits per heavy atom. The molecule has 2 aliphatic carbocycles. The second-order valence-electron chi connectivity index (χ2n) is 4.35. The third kappa shape index (κ3) is 1.20. The van der Waals surface area contributed by atoms with Gasteiger partial charge in [-0.3, -0.25) is 0 Å². The van der Waals surface area contributed by atoms with Crippen LogP contribution in [0.2, 0.25) is 0 Å². The summed E-state index contributed by atoms with van der Waals surface area (Å²) < 4.78 is 0. The molecule has 0 aromatic heterocycles. The van der Waals surface area contributed by atoms with Crippen LogP contribution in [0.3, 0.4) is 0 Å². The Balaban J connectivity index is 2.09. The van der Waals surface area contributed by atoms with Crippen molar-refractivity contribution in [2.45, 2.75) is 45.1 Å². The summed E-state index contributed by atoms with van der Waals surface area (Å²) in [6.07, 6.45) is 6.91. The van der Waals surface area contributed by atoms with Gasteiger partial charge in [-0.1, -0.05) is 19.3 Å². The Labute approximate surface area is 68.8 Å². The highest BCUT2D eigenvalue weighted by Gasteiger charge is 2.40. The molecule has 0 aromatic rings. The summed E-state index contributed by atoms with van der Waals surface area (Å²) in [5, 5.41) is 9.56. The van der Waals surface area contributed by atoms with E-state index in [0.29, 0.717) is 5.92 Å². The predicted octanol–water partition coefficient (Wildman–Crippen LogP) is 2.19. The van der Waals surface area contributed by atoms with Gasteiger partial charge in [-0.15, -0.1) is 0 Å². The lowest BCUT2D eigenvalue weighted by molar-refractivity contribution is 0.0539. The quantitative estimate of drug-likeness (QED) is 0.614. The van der Waals surface area contributed by atoms with Crippen LogP contribution in [0.15, 0.2) is 0 Å². The molecular weight excluding hydrogens is 136 g/mol. The first kappa shape index (κ1) is 7.60. The topological polar surface area (TPSA) is 20.2 Å². The molecule has 0 amide bonds. The van der Waals surface area contributed by atoms with E-state index in [-0.39, 0.29) is 6.10 Å². The van der Waals surface area contributed by atoms with E-state index in [0.717, 1.165) is 11.8 Å². The maximum Gasteiger partial charge on any atom is 0.0545 e. The number of hydrogen-bond donors (Lipinski definition) is 1. The van der Waals surface area contributed by atoms with Crippen LogP contribution in [-0.2, 0) is 0 Å². The van der Waals surface area contributed by atoms with Gasteiger partial charge in [-0.25, -0.2) is 0 Å². The molecule has 0 radical (unpaired) electrons. The fourth-order valence-electron chi connectivity index (χ4n) is 3.30. The van der Waals surface area contributed by atoms with E-state index in [1.165, 1.54) is 32.1 Å². The Bertz CT molecular complexity index is 126. The highest BCUT2D eigenvalue weighted by Crippen LogP contribution is 2.48. The van der Waals surface area contributed by atoms with Crippen molar-refractivity contribution in [3.63, 3.8) is 0 Å². The molecule has 2 fully saturated rings. The predicted molar refractivity (Wildman–Crippen MR) is 45.2 cm³/mol. The maximum atomic E-state index is 9.56. The summed E-state index contributed by atoms with van der Waals surface area (Å²) in [6, 6.07) is 0. The molecule has 0 heterocycles. The largest absolute Gasteiger partial charge is 0.393 e. The highest BCUT2D eigenvalue weighted by atomic mass is 16.3. The van der Waals surface area contributed by atoms with Gasteiger partial charge in [0.25, 0.3) is 0 Å². The average molecular weight is 154 g/mol. The number of aliphatic hydroxyl groups is 1. The molecule has 2 unspecified atom stereocenters. The lowest BCUT2D eigenvalue weighted by Crippen LogP contribution is -2.29. The Kier molecular flexibility index (Phi) is 1.92. The molecule has 3 atom stereocenters. The van der Waals surface area contributed by atoms with Gasteiger partial charge in [0.05, 0.1) is 6.10 Å². The first-order valence-corrected chi connectivity index (χ1v) is 4.97.